The summed E-state index contributed by atoms with van der Waals surface area (Å²) < 4.78 is 37.7. The fraction of sp³-hybridized carbons (Fsp3) is 0.500. The minimum atomic E-state index is -1.40. The van der Waals surface area contributed by atoms with E-state index >= 15 is 0 Å². The van der Waals surface area contributed by atoms with E-state index in [1.807, 2.05) is 13.8 Å². The van der Waals surface area contributed by atoms with Crippen molar-refractivity contribution < 1.29 is 13.0 Å². The van der Waals surface area contributed by atoms with Crippen molar-refractivity contribution in [3.05, 3.63) is 29.8 Å². The molecule has 1 aromatic carbocycles. The van der Waals surface area contributed by atoms with Crippen LogP contribution in [0.4, 0.5) is 8.78 Å². The minimum Gasteiger partial charge on any atom is -0.315 e. The second-order valence-electron chi connectivity index (χ2n) is 4.09. The van der Waals surface area contributed by atoms with E-state index in [4.69, 9.17) is 0 Å². The molecule has 1 aromatic rings. The number of rotatable bonds is 6. The lowest BCUT2D eigenvalue weighted by Gasteiger charge is -2.08. The van der Waals surface area contributed by atoms with Gasteiger partial charge >= 0.3 is 0 Å². The fourth-order valence-electron chi connectivity index (χ4n) is 1.36. The van der Waals surface area contributed by atoms with Crippen LogP contribution < -0.4 is 5.32 Å². The number of hydrogen-bond donors (Lipinski definition) is 1. The third kappa shape index (κ3) is 4.91. The normalized spacial score (nSPS) is 13.0. The van der Waals surface area contributed by atoms with Gasteiger partial charge in [0.15, 0.2) is 0 Å². The van der Waals surface area contributed by atoms with Crippen LogP contribution in [0.25, 0.3) is 0 Å². The minimum absolute atomic E-state index is 0.0796. The molecule has 0 saturated carbocycles. The molecule has 0 radical (unpaired) electrons. The molecule has 0 amide bonds. The molecule has 0 bridgehead atoms. The Hall–Kier alpha value is -0.810. The molecule has 0 fully saturated rings. The average Bonchev–Trinajstić information content (AvgIpc) is 2.23. The molecule has 1 N–H and O–H groups in total. The SMILES string of the molecule is CC(C)NCCCS(=O)c1ccc(F)cc1F. The van der Waals surface area contributed by atoms with E-state index < -0.39 is 22.4 Å². The van der Waals surface area contributed by atoms with Crippen LogP contribution in [-0.2, 0) is 10.8 Å². The van der Waals surface area contributed by atoms with Gasteiger partial charge in [0, 0.05) is 17.9 Å². The van der Waals surface area contributed by atoms with Gasteiger partial charge in [0.1, 0.15) is 11.6 Å². The van der Waals surface area contributed by atoms with Gasteiger partial charge in [-0.3, -0.25) is 4.21 Å². The number of hydrogen-bond acceptors (Lipinski definition) is 2. The van der Waals surface area contributed by atoms with Crippen molar-refractivity contribution in [3.63, 3.8) is 0 Å². The van der Waals surface area contributed by atoms with Gasteiger partial charge in [0.05, 0.1) is 15.7 Å². The second kappa shape index (κ2) is 6.81. The number of halogens is 2. The molecule has 0 aliphatic rings. The number of nitrogens with one attached hydrogen (secondary N) is 1. The molecule has 1 rings (SSSR count). The summed E-state index contributed by atoms with van der Waals surface area (Å²) in [7, 11) is -1.40. The third-order valence-corrected chi connectivity index (χ3v) is 3.68. The summed E-state index contributed by atoms with van der Waals surface area (Å²) in [6.07, 6.45) is 0.696. The molecular weight excluding hydrogens is 244 g/mol. The number of benzene rings is 1. The standard InChI is InChI=1S/C12H17F2NOS/c1-9(2)15-6-3-7-17(16)12-5-4-10(13)8-11(12)14/h4-5,8-9,15H,3,6-7H2,1-2H3. The Morgan fingerprint density at radius 1 is 1.35 bits per heavy atom. The molecule has 0 aliphatic heterocycles. The molecule has 5 heteroatoms. The van der Waals surface area contributed by atoms with Gasteiger partial charge in [-0.05, 0) is 25.1 Å². The Bertz CT molecular complexity index is 396. The highest BCUT2D eigenvalue weighted by Gasteiger charge is 2.10. The van der Waals surface area contributed by atoms with Crippen molar-refractivity contribution >= 4 is 10.8 Å². The maximum atomic E-state index is 13.3. The van der Waals surface area contributed by atoms with Gasteiger partial charge in [-0.15, -0.1) is 0 Å². The first kappa shape index (κ1) is 14.3. The van der Waals surface area contributed by atoms with Crippen LogP contribution in [0.3, 0.4) is 0 Å². The van der Waals surface area contributed by atoms with Crippen molar-refractivity contribution in [1.29, 1.82) is 0 Å². The quantitative estimate of drug-likeness (QED) is 0.797. The summed E-state index contributed by atoms with van der Waals surface area (Å²) in [4.78, 5) is 0.0796. The molecule has 1 unspecified atom stereocenters. The van der Waals surface area contributed by atoms with Crippen molar-refractivity contribution in [1.82, 2.24) is 5.32 Å². The second-order valence-corrected chi connectivity index (χ2v) is 5.63. The van der Waals surface area contributed by atoms with Crippen LogP contribution in [0.1, 0.15) is 20.3 Å². The van der Waals surface area contributed by atoms with E-state index in [0.29, 0.717) is 18.2 Å². The highest BCUT2D eigenvalue weighted by Crippen LogP contribution is 2.14. The van der Waals surface area contributed by atoms with Crippen LogP contribution in [-0.4, -0.2) is 22.5 Å². The van der Waals surface area contributed by atoms with E-state index in [9.17, 15) is 13.0 Å². The molecule has 0 aliphatic carbocycles. The topological polar surface area (TPSA) is 29.1 Å². The zero-order valence-electron chi connectivity index (χ0n) is 10.0. The van der Waals surface area contributed by atoms with Crippen LogP contribution in [0, 0.1) is 11.6 Å². The first-order chi connectivity index (χ1) is 8.00. The lowest BCUT2D eigenvalue weighted by Crippen LogP contribution is -2.24. The van der Waals surface area contributed by atoms with E-state index in [1.165, 1.54) is 6.07 Å². The summed E-state index contributed by atoms with van der Waals surface area (Å²) in [5.41, 5.74) is 0. The monoisotopic (exact) mass is 261 g/mol. The molecule has 0 aromatic heterocycles. The summed E-state index contributed by atoms with van der Waals surface area (Å²) in [6, 6.07) is 3.52. The fourth-order valence-corrected chi connectivity index (χ4v) is 2.49. The van der Waals surface area contributed by atoms with Gasteiger partial charge in [-0.2, -0.15) is 0 Å². The highest BCUT2D eigenvalue weighted by molar-refractivity contribution is 7.85. The van der Waals surface area contributed by atoms with Crippen molar-refractivity contribution in [3.8, 4) is 0 Å². The van der Waals surface area contributed by atoms with Crippen LogP contribution >= 0.6 is 0 Å². The van der Waals surface area contributed by atoms with Gasteiger partial charge < -0.3 is 5.32 Å². The first-order valence-electron chi connectivity index (χ1n) is 5.57. The van der Waals surface area contributed by atoms with E-state index in [2.05, 4.69) is 5.32 Å². The Balaban J connectivity index is 2.47. The summed E-state index contributed by atoms with van der Waals surface area (Å²) >= 11 is 0. The lowest BCUT2D eigenvalue weighted by atomic mass is 10.3. The molecule has 0 heterocycles. The summed E-state index contributed by atoms with van der Waals surface area (Å²) in [5.74, 6) is -1.01. The van der Waals surface area contributed by atoms with Crippen LogP contribution in [0.2, 0.25) is 0 Å². The Morgan fingerprint density at radius 2 is 2.06 bits per heavy atom. The zero-order chi connectivity index (χ0) is 12.8. The van der Waals surface area contributed by atoms with E-state index in [0.717, 1.165) is 18.7 Å². The average molecular weight is 261 g/mol. The van der Waals surface area contributed by atoms with Crippen LogP contribution in [0.15, 0.2) is 23.1 Å². The molecule has 0 saturated heterocycles. The third-order valence-electron chi connectivity index (χ3n) is 2.20. The van der Waals surface area contributed by atoms with E-state index in [1.54, 1.807) is 0 Å². The summed E-state index contributed by atoms with van der Waals surface area (Å²) in [6.45, 7) is 4.79. The van der Waals surface area contributed by atoms with Crippen molar-refractivity contribution in [2.45, 2.75) is 31.2 Å². The Labute approximate surface area is 103 Å². The summed E-state index contributed by atoms with van der Waals surface area (Å²) in [5, 5.41) is 3.19. The largest absolute Gasteiger partial charge is 0.315 e. The molecule has 96 valence electrons. The first-order valence-corrected chi connectivity index (χ1v) is 6.89. The predicted molar refractivity (Wildman–Crippen MR) is 65.4 cm³/mol. The molecule has 17 heavy (non-hydrogen) atoms. The molecule has 1 atom stereocenters. The van der Waals surface area contributed by atoms with Crippen molar-refractivity contribution in [2.75, 3.05) is 12.3 Å². The predicted octanol–water partition coefficient (Wildman–Crippen LogP) is 2.46. The smallest absolute Gasteiger partial charge is 0.142 e. The van der Waals surface area contributed by atoms with Gasteiger partial charge in [-0.1, -0.05) is 13.8 Å². The Morgan fingerprint density at radius 3 is 2.65 bits per heavy atom. The van der Waals surface area contributed by atoms with Crippen LogP contribution in [0.5, 0.6) is 0 Å². The zero-order valence-corrected chi connectivity index (χ0v) is 10.8. The van der Waals surface area contributed by atoms with Gasteiger partial charge in [0.25, 0.3) is 0 Å². The van der Waals surface area contributed by atoms with Gasteiger partial charge in [-0.25, -0.2) is 8.78 Å². The maximum Gasteiger partial charge on any atom is 0.142 e. The van der Waals surface area contributed by atoms with E-state index in [-0.39, 0.29) is 4.90 Å². The lowest BCUT2D eigenvalue weighted by molar-refractivity contribution is 0.560. The molecular formula is C12H17F2NOS. The molecule has 2 nitrogen and oxygen atoms in total. The van der Waals surface area contributed by atoms with Gasteiger partial charge in [0.2, 0.25) is 0 Å². The highest BCUT2D eigenvalue weighted by atomic mass is 32.2. The molecule has 0 spiro atoms. The maximum absolute atomic E-state index is 13.3. The van der Waals surface area contributed by atoms with Crippen molar-refractivity contribution in [2.24, 2.45) is 0 Å². The Kier molecular flexibility index (Phi) is 5.71.